The van der Waals surface area contributed by atoms with Crippen molar-refractivity contribution in [1.29, 1.82) is 0 Å². The van der Waals surface area contributed by atoms with E-state index in [9.17, 15) is 0 Å². The molecule has 82 valence electrons. The third-order valence-electron chi connectivity index (χ3n) is 2.93. The number of nitrogens with two attached hydrogens (primary N) is 1. The lowest BCUT2D eigenvalue weighted by Gasteiger charge is -2.25. The van der Waals surface area contributed by atoms with Crippen molar-refractivity contribution in [1.82, 2.24) is 9.99 Å². The Bertz CT molecular complexity index is 312. The van der Waals surface area contributed by atoms with Crippen LogP contribution in [-0.4, -0.2) is 16.5 Å². The average molecular weight is 226 g/mol. The molecule has 1 aliphatic heterocycles. The highest BCUT2D eigenvalue weighted by molar-refractivity contribution is 6.29. The topological polar surface area (TPSA) is 42.1 Å². The Kier molecular flexibility index (Phi) is 3.57. The van der Waals surface area contributed by atoms with Crippen LogP contribution in [-0.2, 0) is 0 Å². The molecule has 1 aromatic heterocycles. The molecule has 15 heavy (non-hydrogen) atoms. The minimum Gasteiger partial charge on any atom is -0.268 e. The van der Waals surface area contributed by atoms with E-state index in [2.05, 4.69) is 4.98 Å². The fourth-order valence-electron chi connectivity index (χ4n) is 2.07. The van der Waals surface area contributed by atoms with Gasteiger partial charge in [-0.3, -0.25) is 5.84 Å². The van der Waals surface area contributed by atoms with Crippen molar-refractivity contribution in [2.45, 2.75) is 31.7 Å². The number of halogens is 1. The SMILES string of the molecule is NN1CCCCC[C@H]1c1ccc(Cl)nc1. The summed E-state index contributed by atoms with van der Waals surface area (Å²) in [5, 5.41) is 2.47. The van der Waals surface area contributed by atoms with Gasteiger partial charge >= 0.3 is 0 Å². The molecule has 0 saturated carbocycles. The molecule has 2 N–H and O–H groups in total. The van der Waals surface area contributed by atoms with Gasteiger partial charge in [-0.2, -0.15) is 0 Å². The predicted octanol–water partition coefficient (Wildman–Crippen LogP) is 2.53. The fraction of sp³-hybridized carbons (Fsp3) is 0.545. The molecule has 3 nitrogen and oxygen atoms in total. The summed E-state index contributed by atoms with van der Waals surface area (Å²) in [4.78, 5) is 4.10. The van der Waals surface area contributed by atoms with E-state index in [4.69, 9.17) is 17.4 Å². The average Bonchev–Trinajstić information content (AvgIpc) is 2.44. The Hall–Kier alpha value is -0.640. The van der Waals surface area contributed by atoms with Crippen LogP contribution >= 0.6 is 11.6 Å². The smallest absolute Gasteiger partial charge is 0.129 e. The Morgan fingerprint density at radius 2 is 2.20 bits per heavy atom. The van der Waals surface area contributed by atoms with Gasteiger partial charge in [0.25, 0.3) is 0 Å². The lowest BCUT2D eigenvalue weighted by molar-refractivity contribution is 0.206. The van der Waals surface area contributed by atoms with E-state index < -0.39 is 0 Å². The molecule has 1 aliphatic rings. The molecule has 1 aromatic rings. The molecule has 1 atom stereocenters. The van der Waals surface area contributed by atoms with Gasteiger partial charge in [0.2, 0.25) is 0 Å². The highest BCUT2D eigenvalue weighted by Crippen LogP contribution is 2.27. The maximum Gasteiger partial charge on any atom is 0.129 e. The van der Waals surface area contributed by atoms with E-state index in [1.54, 1.807) is 0 Å². The van der Waals surface area contributed by atoms with E-state index in [-0.39, 0.29) is 0 Å². The first kappa shape index (κ1) is 10.9. The lowest BCUT2D eigenvalue weighted by Crippen LogP contribution is -2.34. The molecule has 0 radical (unpaired) electrons. The molecule has 2 heterocycles. The molecule has 2 rings (SSSR count). The standard InChI is InChI=1S/C11H16ClN3/c12-11-6-5-9(8-14-11)10-4-2-1-3-7-15(10)13/h5-6,8,10H,1-4,7,13H2/t10-/m0/s1. The van der Waals surface area contributed by atoms with E-state index in [1.807, 2.05) is 23.3 Å². The van der Waals surface area contributed by atoms with Crippen molar-refractivity contribution < 1.29 is 0 Å². The third kappa shape index (κ3) is 2.68. The summed E-state index contributed by atoms with van der Waals surface area (Å²) in [6.07, 6.45) is 6.64. The number of hydrogen-bond donors (Lipinski definition) is 1. The minimum atomic E-state index is 0.303. The number of rotatable bonds is 1. The first-order valence-electron chi connectivity index (χ1n) is 5.40. The van der Waals surface area contributed by atoms with Crippen LogP contribution in [0, 0.1) is 0 Å². The van der Waals surface area contributed by atoms with Crippen molar-refractivity contribution in [3.8, 4) is 0 Å². The maximum atomic E-state index is 6.02. The van der Waals surface area contributed by atoms with Gasteiger partial charge in [0.1, 0.15) is 5.15 Å². The van der Waals surface area contributed by atoms with Crippen molar-refractivity contribution in [2.75, 3.05) is 6.54 Å². The van der Waals surface area contributed by atoms with Crippen LogP contribution in [0.25, 0.3) is 0 Å². The van der Waals surface area contributed by atoms with E-state index in [0.29, 0.717) is 11.2 Å². The van der Waals surface area contributed by atoms with Gasteiger partial charge in [0, 0.05) is 12.7 Å². The summed E-state index contributed by atoms with van der Waals surface area (Å²) in [5.41, 5.74) is 1.17. The van der Waals surface area contributed by atoms with Crippen molar-refractivity contribution >= 4 is 11.6 Å². The first-order chi connectivity index (χ1) is 7.27. The second-order valence-corrected chi connectivity index (χ2v) is 4.40. The summed E-state index contributed by atoms with van der Waals surface area (Å²) in [5.74, 6) is 6.02. The van der Waals surface area contributed by atoms with Gasteiger partial charge in [-0.1, -0.05) is 30.5 Å². The molecule has 0 unspecified atom stereocenters. The molecule has 1 fully saturated rings. The van der Waals surface area contributed by atoms with Gasteiger partial charge < -0.3 is 0 Å². The number of pyridine rings is 1. The van der Waals surface area contributed by atoms with Crippen molar-refractivity contribution in [3.05, 3.63) is 29.0 Å². The van der Waals surface area contributed by atoms with Crippen molar-refractivity contribution in [3.63, 3.8) is 0 Å². The van der Waals surface area contributed by atoms with Crippen LogP contribution in [0.1, 0.15) is 37.3 Å². The number of aromatic nitrogens is 1. The van der Waals surface area contributed by atoms with Crippen LogP contribution < -0.4 is 5.84 Å². The Balaban J connectivity index is 2.16. The van der Waals surface area contributed by atoms with Gasteiger partial charge in [0.15, 0.2) is 0 Å². The molecule has 0 aromatic carbocycles. The molecule has 1 saturated heterocycles. The van der Waals surface area contributed by atoms with Gasteiger partial charge in [-0.25, -0.2) is 9.99 Å². The molecule has 4 heteroatoms. The third-order valence-corrected chi connectivity index (χ3v) is 3.15. The predicted molar refractivity (Wildman–Crippen MR) is 61.3 cm³/mol. The zero-order chi connectivity index (χ0) is 10.7. The molecular weight excluding hydrogens is 210 g/mol. The van der Waals surface area contributed by atoms with E-state index in [1.165, 1.54) is 24.8 Å². The normalized spacial score (nSPS) is 23.7. The Labute approximate surface area is 95.2 Å². The van der Waals surface area contributed by atoms with Crippen LogP contribution in [0.3, 0.4) is 0 Å². The number of hydrazine groups is 1. The highest BCUT2D eigenvalue weighted by atomic mass is 35.5. The van der Waals surface area contributed by atoms with Crippen LogP contribution in [0.5, 0.6) is 0 Å². The fourth-order valence-corrected chi connectivity index (χ4v) is 2.18. The summed E-state index contributed by atoms with van der Waals surface area (Å²) in [6.45, 7) is 0.966. The van der Waals surface area contributed by atoms with Crippen LogP contribution in [0.15, 0.2) is 18.3 Å². The first-order valence-corrected chi connectivity index (χ1v) is 5.78. The Morgan fingerprint density at radius 3 is 2.93 bits per heavy atom. The lowest BCUT2D eigenvalue weighted by atomic mass is 10.0. The van der Waals surface area contributed by atoms with Crippen molar-refractivity contribution in [2.24, 2.45) is 5.84 Å². The quantitative estimate of drug-likeness (QED) is 0.590. The molecule has 0 aliphatic carbocycles. The van der Waals surface area contributed by atoms with Gasteiger partial charge in [-0.05, 0) is 24.5 Å². The second kappa shape index (κ2) is 4.92. The second-order valence-electron chi connectivity index (χ2n) is 4.02. The Morgan fingerprint density at radius 1 is 1.33 bits per heavy atom. The summed E-state index contributed by atoms with van der Waals surface area (Å²) in [6, 6.07) is 4.15. The maximum absolute atomic E-state index is 6.02. The van der Waals surface area contributed by atoms with Crippen LogP contribution in [0.4, 0.5) is 0 Å². The van der Waals surface area contributed by atoms with Crippen LogP contribution in [0.2, 0.25) is 5.15 Å². The largest absolute Gasteiger partial charge is 0.268 e. The van der Waals surface area contributed by atoms with Gasteiger partial charge in [0.05, 0.1) is 6.04 Å². The summed E-state index contributed by atoms with van der Waals surface area (Å²) < 4.78 is 0. The summed E-state index contributed by atoms with van der Waals surface area (Å²) in [7, 11) is 0. The number of nitrogens with zero attached hydrogens (tertiary/aromatic N) is 2. The summed E-state index contributed by atoms with van der Waals surface area (Å²) >= 11 is 5.76. The zero-order valence-electron chi connectivity index (χ0n) is 8.69. The van der Waals surface area contributed by atoms with E-state index >= 15 is 0 Å². The minimum absolute atomic E-state index is 0.303. The monoisotopic (exact) mass is 225 g/mol. The highest BCUT2D eigenvalue weighted by Gasteiger charge is 2.19. The molecule has 0 amide bonds. The zero-order valence-corrected chi connectivity index (χ0v) is 9.45. The molecule has 0 spiro atoms. The molecule has 0 bridgehead atoms. The number of hydrogen-bond acceptors (Lipinski definition) is 3. The van der Waals surface area contributed by atoms with E-state index in [0.717, 1.165) is 13.0 Å². The van der Waals surface area contributed by atoms with Gasteiger partial charge in [-0.15, -0.1) is 0 Å². The molecular formula is C11H16ClN3.